The first-order valence-electron chi connectivity index (χ1n) is 9.89. The van der Waals surface area contributed by atoms with Crippen molar-refractivity contribution in [3.63, 3.8) is 0 Å². The lowest BCUT2D eigenvalue weighted by atomic mass is 10.0. The number of Topliss-reactive ketones (excluding diaryl/α,β-unsaturated/α-hetero) is 1. The molecule has 0 heterocycles. The highest BCUT2D eigenvalue weighted by atomic mass is 32.2. The van der Waals surface area contributed by atoms with Crippen molar-refractivity contribution in [3.8, 4) is 0 Å². The van der Waals surface area contributed by atoms with Crippen molar-refractivity contribution >= 4 is 27.6 Å². The Morgan fingerprint density at radius 1 is 1.00 bits per heavy atom. The van der Waals surface area contributed by atoms with Gasteiger partial charge in [0.05, 0.1) is 19.5 Å². The first-order chi connectivity index (χ1) is 15.2. The lowest BCUT2D eigenvalue weighted by Crippen LogP contribution is -2.55. The van der Waals surface area contributed by atoms with Crippen molar-refractivity contribution in [1.82, 2.24) is 10.0 Å². The van der Waals surface area contributed by atoms with E-state index in [9.17, 15) is 22.8 Å². The van der Waals surface area contributed by atoms with Gasteiger partial charge in [0, 0.05) is 6.42 Å². The number of carbonyl (C=O) groups excluding carboxylic acids is 3. The summed E-state index contributed by atoms with van der Waals surface area (Å²) >= 11 is 0. The predicted molar refractivity (Wildman–Crippen MR) is 114 cm³/mol. The van der Waals surface area contributed by atoms with Gasteiger partial charge in [0.15, 0.2) is 1.41 Å². The third-order valence-corrected chi connectivity index (χ3v) is 4.92. The van der Waals surface area contributed by atoms with Crippen LogP contribution >= 0.6 is 0 Å². The van der Waals surface area contributed by atoms with E-state index in [-0.39, 0.29) is 19.6 Å². The number of primary amides is 1. The van der Waals surface area contributed by atoms with Gasteiger partial charge < -0.3 is 15.8 Å². The molecule has 166 valence electrons. The van der Waals surface area contributed by atoms with Crippen LogP contribution in [0.5, 0.6) is 0 Å². The number of hydrogen-bond donors (Lipinski definition) is 3. The van der Waals surface area contributed by atoms with Crippen LogP contribution in [0, 0.1) is 0 Å². The number of sulfonamides is 1. The summed E-state index contributed by atoms with van der Waals surface area (Å²) in [4.78, 5) is 37.0. The molecule has 2 aromatic carbocycles. The molecule has 10 heteroatoms. The van der Waals surface area contributed by atoms with Crippen LogP contribution in [0.3, 0.4) is 0 Å². The largest absolute Gasteiger partial charge is 0.375 e. The van der Waals surface area contributed by atoms with Gasteiger partial charge in [-0.3, -0.25) is 14.4 Å². The molecule has 9 nitrogen and oxygen atoms in total. The fraction of sp³-hybridized carbons (Fsp3) is 0.286. The zero-order valence-electron chi connectivity index (χ0n) is 17.9. The van der Waals surface area contributed by atoms with Crippen molar-refractivity contribution in [3.05, 3.63) is 71.8 Å². The smallest absolute Gasteiger partial charge is 0.287 e. The fourth-order valence-corrected chi connectivity index (χ4v) is 3.47. The highest BCUT2D eigenvalue weighted by molar-refractivity contribution is 7.88. The number of ketones is 1. The molecule has 2 atom stereocenters. The summed E-state index contributed by atoms with van der Waals surface area (Å²) in [5, 5.41) is 2.41. The Balaban J connectivity index is 2.13. The predicted octanol–water partition coefficient (Wildman–Crippen LogP) is -0.0971. The summed E-state index contributed by atoms with van der Waals surface area (Å²) in [7, 11) is -3.78. The van der Waals surface area contributed by atoms with E-state index in [1.165, 1.54) is 5.73 Å². The van der Waals surface area contributed by atoms with Crippen LogP contribution in [-0.4, -0.2) is 51.0 Å². The normalized spacial score (nSPS) is 13.5. The number of benzene rings is 2. The second-order valence-electron chi connectivity index (χ2n) is 6.89. The first kappa shape index (κ1) is 22.6. The van der Waals surface area contributed by atoms with Gasteiger partial charge in [0.1, 0.15) is 12.1 Å². The first-order valence-corrected chi connectivity index (χ1v) is 11.3. The van der Waals surface area contributed by atoms with Gasteiger partial charge >= 0.3 is 0 Å². The molecule has 2 rings (SSSR count). The van der Waals surface area contributed by atoms with Crippen LogP contribution in [-0.2, 0) is 42.2 Å². The maximum atomic E-state index is 12.8. The van der Waals surface area contributed by atoms with Crippen molar-refractivity contribution in [1.29, 1.82) is 0 Å². The van der Waals surface area contributed by atoms with Gasteiger partial charge in [-0.1, -0.05) is 60.7 Å². The summed E-state index contributed by atoms with van der Waals surface area (Å²) in [5.74, 6) is -3.06. The summed E-state index contributed by atoms with van der Waals surface area (Å²) in [6, 6.07) is 15.1. The minimum atomic E-state index is -3.78. The quantitative estimate of drug-likeness (QED) is 0.387. The Morgan fingerprint density at radius 3 is 2.13 bits per heavy atom. The van der Waals surface area contributed by atoms with E-state index < -0.39 is 39.7 Å². The molecule has 0 fully saturated rings. The molecule has 31 heavy (non-hydrogen) atoms. The van der Waals surface area contributed by atoms with Crippen LogP contribution in [0.2, 0.25) is 1.41 Å². The highest BCUT2D eigenvalue weighted by Gasteiger charge is 2.30. The number of hydrogen-bond acceptors (Lipinski definition) is 6. The molecule has 0 radical (unpaired) electrons. The summed E-state index contributed by atoms with van der Waals surface area (Å²) < 4.78 is 38.1. The van der Waals surface area contributed by atoms with Crippen molar-refractivity contribution < 1.29 is 29.0 Å². The van der Waals surface area contributed by atoms with Crippen molar-refractivity contribution in [2.45, 2.75) is 25.1 Å². The topological polar surface area (TPSA) is 145 Å². The van der Waals surface area contributed by atoms with E-state index in [0.717, 1.165) is 11.8 Å². The lowest BCUT2D eigenvalue weighted by molar-refractivity contribution is -0.138. The number of nitrogens with one attached hydrogen (secondary N) is 2. The highest BCUT2D eigenvalue weighted by Crippen LogP contribution is 2.06. The minimum Gasteiger partial charge on any atom is -0.375 e. The molecule has 0 bridgehead atoms. The molecule has 2 amide bonds. The second kappa shape index (κ2) is 11.3. The Bertz CT molecular complexity index is 1020. The van der Waals surface area contributed by atoms with Crippen LogP contribution in [0.1, 0.15) is 11.1 Å². The minimum absolute atomic E-state index is 0.0186. The second-order valence-corrected chi connectivity index (χ2v) is 8.67. The molecule has 0 aromatic heterocycles. The number of ether oxygens (including phenoxy) is 1. The van der Waals surface area contributed by atoms with Gasteiger partial charge in [-0.15, -0.1) is 0 Å². The molecule has 0 aliphatic heterocycles. The van der Waals surface area contributed by atoms with Crippen LogP contribution < -0.4 is 15.8 Å². The molecule has 0 saturated heterocycles. The molecule has 0 aliphatic rings. The van der Waals surface area contributed by atoms with Gasteiger partial charge in [-0.2, -0.15) is 0 Å². The van der Waals surface area contributed by atoms with E-state index in [2.05, 4.69) is 10.0 Å². The van der Waals surface area contributed by atoms with Gasteiger partial charge in [0.2, 0.25) is 21.7 Å². The van der Waals surface area contributed by atoms with Gasteiger partial charge in [-0.25, -0.2) is 13.1 Å². The zero-order valence-corrected chi connectivity index (χ0v) is 17.7. The molecule has 0 unspecified atom stereocenters. The van der Waals surface area contributed by atoms with Crippen molar-refractivity contribution in [2.75, 3.05) is 12.9 Å². The lowest BCUT2D eigenvalue weighted by Gasteiger charge is -2.22. The monoisotopic (exact) mass is 448 g/mol. The third kappa shape index (κ3) is 8.67. The number of carbonyl (C=O) groups is 3. The van der Waals surface area contributed by atoms with Crippen LogP contribution in [0.15, 0.2) is 60.7 Å². The summed E-state index contributed by atoms with van der Waals surface area (Å²) in [6.07, 6.45) is 0.875. The van der Waals surface area contributed by atoms with Crippen molar-refractivity contribution in [2.24, 2.45) is 5.73 Å². The van der Waals surface area contributed by atoms with E-state index in [1.54, 1.807) is 30.3 Å². The number of rotatable bonds is 12. The Labute approximate surface area is 182 Å². The molecule has 0 saturated carbocycles. The number of nitrogens with two attached hydrogens (primary N) is 1. The fourth-order valence-electron chi connectivity index (χ4n) is 2.78. The molecule has 0 aliphatic carbocycles. The summed E-state index contributed by atoms with van der Waals surface area (Å²) in [5.41, 5.74) is 2.99. The Kier molecular flexibility index (Phi) is 8.27. The average Bonchev–Trinajstić information content (AvgIpc) is 2.77. The maximum absolute atomic E-state index is 12.8. The van der Waals surface area contributed by atoms with Gasteiger partial charge in [-0.05, 0) is 11.1 Å². The van der Waals surface area contributed by atoms with Crippen LogP contribution in [0.25, 0.3) is 0 Å². The number of amides is 2. The van der Waals surface area contributed by atoms with Gasteiger partial charge in [0.25, 0.3) is 5.91 Å². The average molecular weight is 449 g/mol. The molecular weight excluding hydrogens is 422 g/mol. The van der Waals surface area contributed by atoms with E-state index in [4.69, 9.17) is 6.15 Å². The third-order valence-electron chi connectivity index (χ3n) is 4.21. The molecule has 4 N–H and O–H groups in total. The Morgan fingerprint density at radius 2 is 1.58 bits per heavy atom. The molecule has 0 spiro atoms. The molecular formula is C21H25N3O6S. The Hall–Kier alpha value is -3.08. The summed E-state index contributed by atoms with van der Waals surface area (Å²) in [6.45, 7) is -0.158. The molecule has 2 aromatic rings. The SMILES string of the molecule is [2H]NC(=O)C(=O)[C@H](Cc1ccccc1)NC(=O)[C@@H](COCc1ccccc1)NS(C)(=O)=O. The maximum Gasteiger partial charge on any atom is 0.287 e. The zero-order chi connectivity index (χ0) is 23.6. The standard InChI is InChI=1S/C21H25N3O6S/c1-31(28,29)24-18(14-30-13-16-10-6-3-7-11-16)21(27)23-17(19(25)20(22)26)12-15-8-4-2-5-9-15/h2-11,17-18,24H,12-14H2,1H3,(H2,22,26)(H,23,27)/t17-,18+/m0/s1/i/hD. The van der Waals surface area contributed by atoms with E-state index in [0.29, 0.717) is 5.56 Å². The van der Waals surface area contributed by atoms with E-state index >= 15 is 0 Å². The van der Waals surface area contributed by atoms with Crippen LogP contribution in [0.4, 0.5) is 0 Å². The van der Waals surface area contributed by atoms with E-state index in [1.807, 2.05) is 30.3 Å².